The molecular weight excluding hydrogens is 162 g/mol. The topological polar surface area (TPSA) is 21.3 Å². The zero-order valence-electron chi connectivity index (χ0n) is 9.18. The summed E-state index contributed by atoms with van der Waals surface area (Å²) in [7, 11) is 0. The lowest BCUT2D eigenvalue weighted by Gasteiger charge is -2.13. The Balaban J connectivity index is 1.87. The van der Waals surface area contributed by atoms with Crippen LogP contribution in [-0.4, -0.2) is 25.3 Å². The van der Waals surface area contributed by atoms with Crippen LogP contribution in [0.3, 0.4) is 0 Å². The van der Waals surface area contributed by atoms with Crippen molar-refractivity contribution < 1.29 is 4.74 Å². The summed E-state index contributed by atoms with van der Waals surface area (Å²) in [6, 6.07) is 0.841. The first-order valence-electron chi connectivity index (χ1n) is 5.53. The molecule has 1 unspecified atom stereocenters. The van der Waals surface area contributed by atoms with Crippen molar-refractivity contribution >= 4 is 0 Å². The van der Waals surface area contributed by atoms with E-state index in [0.29, 0.717) is 6.10 Å². The Hall–Kier alpha value is -0.0800. The van der Waals surface area contributed by atoms with Crippen LogP contribution in [0.1, 0.15) is 40.0 Å². The lowest BCUT2D eigenvalue weighted by atomic mass is 10.1. The number of hydrogen-bond acceptors (Lipinski definition) is 2. The molecule has 2 nitrogen and oxygen atoms in total. The summed E-state index contributed by atoms with van der Waals surface area (Å²) < 4.78 is 5.51. The van der Waals surface area contributed by atoms with Crippen molar-refractivity contribution in [2.45, 2.75) is 52.2 Å². The molecule has 0 bridgehead atoms. The minimum absolute atomic E-state index is 0.378. The van der Waals surface area contributed by atoms with Gasteiger partial charge in [-0.2, -0.15) is 0 Å². The van der Waals surface area contributed by atoms with Gasteiger partial charge in [0.05, 0.1) is 6.10 Å². The van der Waals surface area contributed by atoms with Gasteiger partial charge in [0.1, 0.15) is 0 Å². The van der Waals surface area contributed by atoms with E-state index < -0.39 is 0 Å². The number of ether oxygens (including phenoxy) is 1. The van der Waals surface area contributed by atoms with Crippen molar-refractivity contribution in [1.29, 1.82) is 0 Å². The summed E-state index contributed by atoms with van der Waals surface area (Å²) in [6.07, 6.45) is 4.33. The van der Waals surface area contributed by atoms with Gasteiger partial charge in [0.25, 0.3) is 0 Å². The van der Waals surface area contributed by atoms with Gasteiger partial charge in [0, 0.05) is 12.6 Å². The summed E-state index contributed by atoms with van der Waals surface area (Å²) >= 11 is 0. The van der Waals surface area contributed by atoms with Gasteiger partial charge in [-0.1, -0.05) is 6.92 Å². The fraction of sp³-hybridized carbons (Fsp3) is 1.00. The highest BCUT2D eigenvalue weighted by molar-refractivity contribution is 4.81. The first-order valence-corrected chi connectivity index (χ1v) is 5.53. The van der Waals surface area contributed by atoms with Crippen molar-refractivity contribution in [3.63, 3.8) is 0 Å². The minimum Gasteiger partial charge on any atom is -0.379 e. The summed E-state index contributed by atoms with van der Waals surface area (Å²) in [5.41, 5.74) is 0. The second-order valence-electron chi connectivity index (χ2n) is 4.50. The molecule has 0 aromatic rings. The van der Waals surface area contributed by atoms with E-state index in [-0.39, 0.29) is 0 Å². The lowest BCUT2D eigenvalue weighted by molar-refractivity contribution is 0.0696. The number of nitrogens with one attached hydrogen (secondary N) is 1. The Labute approximate surface area is 82.0 Å². The molecule has 1 N–H and O–H groups in total. The zero-order chi connectivity index (χ0) is 9.68. The molecule has 1 rings (SSSR count). The monoisotopic (exact) mass is 185 g/mol. The molecule has 0 aromatic heterocycles. The second kappa shape index (κ2) is 5.61. The summed E-state index contributed by atoms with van der Waals surface area (Å²) in [5, 5.41) is 3.54. The van der Waals surface area contributed by atoms with Gasteiger partial charge in [-0.3, -0.25) is 0 Å². The van der Waals surface area contributed by atoms with Crippen LogP contribution in [0.4, 0.5) is 0 Å². The van der Waals surface area contributed by atoms with E-state index in [0.717, 1.165) is 25.1 Å². The first kappa shape index (κ1) is 11.0. The van der Waals surface area contributed by atoms with E-state index in [4.69, 9.17) is 4.74 Å². The molecule has 1 aliphatic carbocycles. The van der Waals surface area contributed by atoms with E-state index in [9.17, 15) is 0 Å². The Morgan fingerprint density at radius 2 is 2.00 bits per heavy atom. The molecule has 1 aliphatic rings. The maximum Gasteiger partial charge on any atom is 0.0518 e. The van der Waals surface area contributed by atoms with Crippen molar-refractivity contribution in [3.05, 3.63) is 0 Å². The molecule has 0 saturated heterocycles. The van der Waals surface area contributed by atoms with Gasteiger partial charge >= 0.3 is 0 Å². The van der Waals surface area contributed by atoms with Crippen LogP contribution in [0.15, 0.2) is 0 Å². The summed E-state index contributed by atoms with van der Waals surface area (Å²) in [4.78, 5) is 0. The molecule has 1 fully saturated rings. The highest BCUT2D eigenvalue weighted by Crippen LogP contribution is 2.19. The third-order valence-corrected chi connectivity index (χ3v) is 2.39. The Bertz CT molecular complexity index is 132. The van der Waals surface area contributed by atoms with Gasteiger partial charge in [-0.25, -0.2) is 0 Å². The van der Waals surface area contributed by atoms with Gasteiger partial charge in [0.15, 0.2) is 0 Å². The van der Waals surface area contributed by atoms with E-state index in [1.807, 2.05) is 0 Å². The summed E-state index contributed by atoms with van der Waals surface area (Å²) in [6.45, 7) is 8.54. The third-order valence-electron chi connectivity index (χ3n) is 2.39. The smallest absolute Gasteiger partial charge is 0.0518 e. The Kier molecular flexibility index (Phi) is 4.74. The summed E-state index contributed by atoms with van der Waals surface area (Å²) in [5.74, 6) is 0.749. The van der Waals surface area contributed by atoms with Crippen LogP contribution in [0, 0.1) is 5.92 Å². The highest BCUT2D eigenvalue weighted by atomic mass is 16.5. The number of hydrogen-bond donors (Lipinski definition) is 1. The van der Waals surface area contributed by atoms with Crippen LogP contribution in [0.2, 0.25) is 0 Å². The maximum absolute atomic E-state index is 5.51. The molecule has 0 aromatic carbocycles. The molecule has 78 valence electrons. The molecule has 0 radical (unpaired) electrons. The third kappa shape index (κ3) is 6.05. The second-order valence-corrected chi connectivity index (χ2v) is 4.50. The Morgan fingerprint density at radius 3 is 2.54 bits per heavy atom. The molecule has 0 aliphatic heterocycles. The SMILES string of the molecule is CC(CCOC(C)C)CNC1CC1. The van der Waals surface area contributed by atoms with Crippen molar-refractivity contribution in [2.75, 3.05) is 13.2 Å². The predicted molar refractivity (Wildman–Crippen MR) is 55.9 cm³/mol. The highest BCUT2D eigenvalue weighted by Gasteiger charge is 2.20. The molecule has 1 saturated carbocycles. The van der Waals surface area contributed by atoms with E-state index in [1.165, 1.54) is 19.3 Å². The maximum atomic E-state index is 5.51. The standard InChI is InChI=1S/C11H23NO/c1-9(2)13-7-6-10(3)8-12-11-4-5-11/h9-12H,4-8H2,1-3H3. The predicted octanol–water partition coefficient (Wildman–Crippen LogP) is 2.19. The minimum atomic E-state index is 0.378. The molecule has 0 spiro atoms. The van der Waals surface area contributed by atoms with Crippen LogP contribution in [0.25, 0.3) is 0 Å². The van der Waals surface area contributed by atoms with E-state index in [1.54, 1.807) is 0 Å². The first-order chi connectivity index (χ1) is 6.18. The molecule has 13 heavy (non-hydrogen) atoms. The molecular formula is C11H23NO. The molecule has 2 heteroatoms. The fourth-order valence-corrected chi connectivity index (χ4v) is 1.26. The molecule has 0 amide bonds. The van der Waals surface area contributed by atoms with Gasteiger partial charge in [-0.15, -0.1) is 0 Å². The van der Waals surface area contributed by atoms with E-state index in [2.05, 4.69) is 26.1 Å². The fourth-order valence-electron chi connectivity index (χ4n) is 1.26. The van der Waals surface area contributed by atoms with Crippen molar-refractivity contribution in [3.8, 4) is 0 Å². The van der Waals surface area contributed by atoms with Crippen LogP contribution >= 0.6 is 0 Å². The quantitative estimate of drug-likeness (QED) is 0.656. The normalized spacial score (nSPS) is 19.4. The van der Waals surface area contributed by atoms with Crippen LogP contribution in [-0.2, 0) is 4.74 Å². The Morgan fingerprint density at radius 1 is 1.31 bits per heavy atom. The number of rotatable bonds is 7. The average molecular weight is 185 g/mol. The van der Waals surface area contributed by atoms with Crippen LogP contribution in [0.5, 0.6) is 0 Å². The average Bonchev–Trinajstić information content (AvgIpc) is 2.83. The van der Waals surface area contributed by atoms with Crippen molar-refractivity contribution in [1.82, 2.24) is 5.32 Å². The van der Waals surface area contributed by atoms with Gasteiger partial charge in [-0.05, 0) is 45.6 Å². The molecule has 1 atom stereocenters. The zero-order valence-corrected chi connectivity index (χ0v) is 9.18. The van der Waals surface area contributed by atoms with Gasteiger partial charge in [0.2, 0.25) is 0 Å². The van der Waals surface area contributed by atoms with Crippen LogP contribution < -0.4 is 5.32 Å². The lowest BCUT2D eigenvalue weighted by Crippen LogP contribution is -2.24. The van der Waals surface area contributed by atoms with E-state index >= 15 is 0 Å². The largest absolute Gasteiger partial charge is 0.379 e. The van der Waals surface area contributed by atoms with Crippen molar-refractivity contribution in [2.24, 2.45) is 5.92 Å². The molecule has 0 heterocycles. The van der Waals surface area contributed by atoms with Gasteiger partial charge < -0.3 is 10.1 Å².